The number of fused-ring (bicyclic) bond motifs is 1. The number of hydrogen-bond donors (Lipinski definition) is 3. The van der Waals surface area contributed by atoms with E-state index >= 15 is 0 Å². The van der Waals surface area contributed by atoms with Crippen LogP contribution >= 0.6 is 0 Å². The Morgan fingerprint density at radius 1 is 0.845 bits per heavy atom. The van der Waals surface area contributed by atoms with Crippen molar-refractivity contribution in [1.82, 2.24) is 15.2 Å². The molecular weight excluding hydrogens is 746 g/mol. The smallest absolute Gasteiger partial charge is 0.379 e. The molecule has 2 aliphatic heterocycles. The number of morpholine rings is 1. The Hall–Kier alpha value is -5.11. The van der Waals surface area contributed by atoms with Gasteiger partial charge in [-0.25, -0.2) is 0 Å². The van der Waals surface area contributed by atoms with E-state index in [0.29, 0.717) is 60.2 Å². The van der Waals surface area contributed by atoms with Crippen LogP contribution in [0.5, 0.6) is 0 Å². The number of hydrogen-bond acceptors (Lipinski definition) is 8. The first-order chi connectivity index (χ1) is 27.8. The van der Waals surface area contributed by atoms with Gasteiger partial charge in [0.1, 0.15) is 0 Å². The number of carbonyl (C=O) groups is 3. The fourth-order valence-corrected chi connectivity index (χ4v) is 8.40. The summed E-state index contributed by atoms with van der Waals surface area (Å²) >= 11 is 0. The molecule has 3 aromatic carbocycles. The zero-order chi connectivity index (χ0) is 40.9. The van der Waals surface area contributed by atoms with Crippen molar-refractivity contribution < 1.29 is 32.3 Å². The fourth-order valence-electron chi connectivity index (χ4n) is 8.40. The van der Waals surface area contributed by atoms with Crippen LogP contribution in [-0.4, -0.2) is 79.0 Å². The van der Waals surface area contributed by atoms with Gasteiger partial charge in [0.05, 0.1) is 35.7 Å². The van der Waals surface area contributed by atoms with Crippen LogP contribution in [0.3, 0.4) is 0 Å². The molecule has 13 heteroatoms. The van der Waals surface area contributed by atoms with Gasteiger partial charge in [-0.05, 0) is 98.2 Å². The lowest BCUT2D eigenvalue weighted by atomic mass is 9.75. The summed E-state index contributed by atoms with van der Waals surface area (Å²) in [5.41, 5.74) is 8.29. The van der Waals surface area contributed by atoms with Crippen molar-refractivity contribution in [3.05, 3.63) is 113 Å². The largest absolute Gasteiger partial charge is 0.416 e. The number of alkyl halides is 3. The molecule has 4 aromatic rings. The van der Waals surface area contributed by atoms with E-state index in [1.54, 1.807) is 37.3 Å². The van der Waals surface area contributed by atoms with Crippen molar-refractivity contribution in [2.75, 3.05) is 56.2 Å². The highest BCUT2D eigenvalue weighted by molar-refractivity contribution is 6.09. The number of carbonyl (C=O) groups excluding carboxylic acids is 3. The molecule has 7 rings (SSSR count). The third kappa shape index (κ3) is 9.94. The minimum absolute atomic E-state index is 0.104. The number of benzene rings is 3. The number of aromatic nitrogens is 1. The minimum Gasteiger partial charge on any atom is -0.379 e. The number of piperidine rings is 1. The Morgan fingerprint density at radius 2 is 1.59 bits per heavy atom. The highest BCUT2D eigenvalue weighted by atomic mass is 19.4. The molecule has 306 valence electrons. The summed E-state index contributed by atoms with van der Waals surface area (Å²) in [6.45, 7) is 7.01. The number of ether oxygens (including phenoxy) is 1. The Morgan fingerprint density at radius 3 is 2.38 bits per heavy atom. The normalized spacial score (nSPS) is 19.8. The van der Waals surface area contributed by atoms with Crippen molar-refractivity contribution >= 4 is 29.0 Å². The maximum Gasteiger partial charge on any atom is 0.416 e. The SMILES string of the molecule is CC(N)(CCN1CCOCC1)C(=O)c1cccc(C(=O)Nc2ccc(N3CC[C@H]4CCCC[C@@H]4C3)cc2-c2cc(C(=O)NCc3cccc(C(F)(F)F)c3)ccn2)c1. The quantitative estimate of drug-likeness (QED) is 0.125. The first kappa shape index (κ1) is 41.1. The van der Waals surface area contributed by atoms with Gasteiger partial charge >= 0.3 is 6.18 Å². The van der Waals surface area contributed by atoms with Crippen LogP contribution in [0.4, 0.5) is 24.5 Å². The highest BCUT2D eigenvalue weighted by Gasteiger charge is 2.33. The van der Waals surface area contributed by atoms with Gasteiger partial charge in [0, 0.05) is 73.4 Å². The molecule has 3 fully saturated rings. The molecule has 1 aromatic heterocycles. The van der Waals surface area contributed by atoms with Crippen molar-refractivity contribution in [3.8, 4) is 11.3 Å². The van der Waals surface area contributed by atoms with Gasteiger partial charge in [0.25, 0.3) is 11.8 Å². The minimum atomic E-state index is -4.50. The van der Waals surface area contributed by atoms with Gasteiger partial charge in [-0.2, -0.15) is 13.2 Å². The van der Waals surface area contributed by atoms with E-state index in [4.69, 9.17) is 10.5 Å². The van der Waals surface area contributed by atoms with E-state index in [2.05, 4.69) is 25.4 Å². The van der Waals surface area contributed by atoms with E-state index in [1.807, 2.05) is 18.2 Å². The third-order valence-corrected chi connectivity index (χ3v) is 11.9. The molecule has 0 spiro atoms. The molecule has 1 aliphatic carbocycles. The number of anilines is 2. The highest BCUT2D eigenvalue weighted by Crippen LogP contribution is 2.39. The average Bonchev–Trinajstić information content (AvgIpc) is 3.24. The Balaban J connectivity index is 1.12. The van der Waals surface area contributed by atoms with Crippen LogP contribution in [0.1, 0.15) is 87.6 Å². The molecule has 3 aliphatic rings. The standard InChI is InChI=1S/C45H51F3N6O4/c1-44(49,16-19-53-20-22-58-23-21-53)41(55)32-9-5-10-33(25-32)43(57)52-39-13-12-37(54-18-15-31-7-2-3-8-35(31)29-54)27-38(39)40-26-34(14-17-50-40)42(56)51-28-30-6-4-11-36(24-30)45(46,47)48/h4-6,9-14,17,24-27,31,35H,2-3,7-8,15-16,18-23,28-29,49H2,1H3,(H,51,56)(H,52,57)/t31-,35-,44?/m1/s1. The van der Waals surface area contributed by atoms with E-state index < -0.39 is 29.1 Å². The molecule has 0 radical (unpaired) electrons. The predicted octanol–water partition coefficient (Wildman–Crippen LogP) is 7.59. The van der Waals surface area contributed by atoms with Gasteiger partial charge in [0.2, 0.25) is 0 Å². The van der Waals surface area contributed by atoms with Crippen molar-refractivity contribution in [2.45, 2.75) is 63.7 Å². The molecule has 58 heavy (non-hydrogen) atoms. The summed E-state index contributed by atoms with van der Waals surface area (Å²) in [5.74, 6) is 0.182. The van der Waals surface area contributed by atoms with Crippen LogP contribution in [0.25, 0.3) is 11.3 Å². The second-order valence-corrected chi connectivity index (χ2v) is 16.1. The number of rotatable bonds is 12. The summed E-state index contributed by atoms with van der Waals surface area (Å²) in [6.07, 6.45) is 3.57. The molecule has 4 N–H and O–H groups in total. The van der Waals surface area contributed by atoms with Crippen molar-refractivity contribution in [2.24, 2.45) is 17.6 Å². The van der Waals surface area contributed by atoms with Gasteiger partial charge in [-0.1, -0.05) is 43.5 Å². The first-order valence-electron chi connectivity index (χ1n) is 20.2. The average molecular weight is 797 g/mol. The molecule has 0 bridgehead atoms. The van der Waals surface area contributed by atoms with Gasteiger partial charge in [-0.3, -0.25) is 24.3 Å². The molecule has 3 atom stereocenters. The predicted molar refractivity (Wildman–Crippen MR) is 218 cm³/mol. The summed E-state index contributed by atoms with van der Waals surface area (Å²) < 4.78 is 45.3. The Bertz CT molecular complexity index is 2120. The lowest BCUT2D eigenvalue weighted by molar-refractivity contribution is -0.137. The molecule has 2 amide bonds. The summed E-state index contributed by atoms with van der Waals surface area (Å²) in [6, 6.07) is 20.4. The van der Waals surface area contributed by atoms with E-state index in [9.17, 15) is 27.6 Å². The van der Waals surface area contributed by atoms with E-state index in [-0.39, 0.29) is 23.5 Å². The molecule has 10 nitrogen and oxygen atoms in total. The van der Waals surface area contributed by atoms with Gasteiger partial charge in [0.15, 0.2) is 5.78 Å². The van der Waals surface area contributed by atoms with Crippen LogP contribution in [0.15, 0.2) is 85.1 Å². The third-order valence-electron chi connectivity index (χ3n) is 11.9. The fraction of sp³-hybridized carbons (Fsp3) is 0.422. The lowest BCUT2D eigenvalue weighted by Gasteiger charge is -2.42. The molecule has 3 heterocycles. The number of nitrogens with two attached hydrogens (primary N) is 1. The van der Waals surface area contributed by atoms with Crippen LogP contribution in [0, 0.1) is 11.8 Å². The number of Topliss-reactive ketones (excluding diaryl/α,β-unsaturated/α-hetero) is 1. The molecule has 1 unspecified atom stereocenters. The van der Waals surface area contributed by atoms with E-state index in [1.165, 1.54) is 50.1 Å². The van der Waals surface area contributed by atoms with Crippen LogP contribution in [-0.2, 0) is 17.5 Å². The number of amides is 2. The second kappa shape index (κ2) is 17.8. The molecule has 1 saturated carbocycles. The number of nitrogens with one attached hydrogen (secondary N) is 2. The van der Waals surface area contributed by atoms with Gasteiger partial charge < -0.3 is 26.0 Å². The lowest BCUT2D eigenvalue weighted by Crippen LogP contribution is -2.48. The molecular formula is C45H51F3N6O4. The Labute approximate surface area is 337 Å². The second-order valence-electron chi connectivity index (χ2n) is 16.1. The number of pyridine rings is 1. The Kier molecular flexibility index (Phi) is 12.6. The van der Waals surface area contributed by atoms with Crippen molar-refractivity contribution in [3.63, 3.8) is 0 Å². The van der Waals surface area contributed by atoms with Crippen molar-refractivity contribution in [1.29, 1.82) is 0 Å². The summed E-state index contributed by atoms with van der Waals surface area (Å²) in [5, 5.41) is 5.76. The molecule has 2 saturated heterocycles. The first-order valence-corrected chi connectivity index (χ1v) is 20.2. The maximum atomic E-state index is 13.9. The topological polar surface area (TPSA) is 130 Å². The zero-order valence-corrected chi connectivity index (χ0v) is 32.8. The number of nitrogens with zero attached hydrogens (tertiary/aromatic N) is 3. The summed E-state index contributed by atoms with van der Waals surface area (Å²) in [4.78, 5) is 50.2. The van der Waals surface area contributed by atoms with E-state index in [0.717, 1.165) is 56.3 Å². The maximum absolute atomic E-state index is 13.9. The van der Waals surface area contributed by atoms with Gasteiger partial charge in [-0.15, -0.1) is 0 Å². The number of halogens is 3. The zero-order valence-electron chi connectivity index (χ0n) is 32.8. The van der Waals surface area contributed by atoms with Crippen LogP contribution < -0.4 is 21.3 Å². The monoisotopic (exact) mass is 796 g/mol. The summed E-state index contributed by atoms with van der Waals surface area (Å²) in [7, 11) is 0. The number of ketones is 1. The van der Waals surface area contributed by atoms with Crippen LogP contribution in [0.2, 0.25) is 0 Å².